The van der Waals surface area contributed by atoms with Gasteiger partial charge in [-0.25, -0.2) is 4.39 Å². The van der Waals surface area contributed by atoms with Gasteiger partial charge in [0.1, 0.15) is 16.0 Å². The predicted octanol–water partition coefficient (Wildman–Crippen LogP) is 4.20. The zero-order valence-corrected chi connectivity index (χ0v) is 19.9. The number of unbranched alkanes of at least 4 members (excludes halogenated alkanes) is 2. The Hall–Kier alpha value is -4.03. The minimum Gasteiger partial charge on any atom is -0.328 e. The maximum Gasteiger partial charge on any atom is 0.271 e. The van der Waals surface area contributed by atoms with E-state index in [0.29, 0.717) is 47.3 Å². The molecule has 180 valence electrons. The van der Waals surface area contributed by atoms with Gasteiger partial charge in [0.05, 0.1) is 22.2 Å². The molecule has 7 nitrogen and oxygen atoms in total. The number of nitrogens with one attached hydrogen (secondary N) is 1. The van der Waals surface area contributed by atoms with Crippen LogP contribution in [0.15, 0.2) is 46.0 Å². The molecule has 1 aliphatic carbocycles. The average molecular weight is 502 g/mol. The number of carbonyl (C=O) groups excluding carboxylic acids is 2. The SMILES string of the molecule is O=C1c2ccccc2C(=O)N1CCCCC#Cc1cc2c(cc1F)c(=O)c1c(=O)[nH]sc1n2C1CC1. The molecule has 0 radical (unpaired) electrons. The number of hydrogen-bond acceptors (Lipinski definition) is 5. The molecule has 0 bridgehead atoms. The molecule has 6 rings (SSSR count). The summed E-state index contributed by atoms with van der Waals surface area (Å²) in [5, 5.41) is 0.262. The van der Waals surface area contributed by atoms with Crippen LogP contribution >= 0.6 is 11.5 Å². The van der Waals surface area contributed by atoms with Crippen molar-refractivity contribution in [1.29, 1.82) is 0 Å². The third kappa shape index (κ3) is 3.57. The summed E-state index contributed by atoms with van der Waals surface area (Å²) in [6.45, 7) is 0.307. The van der Waals surface area contributed by atoms with E-state index in [9.17, 15) is 23.6 Å². The Labute approximate surface area is 208 Å². The van der Waals surface area contributed by atoms with Gasteiger partial charge in [-0.05, 0) is 61.5 Å². The highest BCUT2D eigenvalue weighted by molar-refractivity contribution is 7.12. The van der Waals surface area contributed by atoms with Gasteiger partial charge in [0.25, 0.3) is 17.4 Å². The number of imide groups is 1. The summed E-state index contributed by atoms with van der Waals surface area (Å²) in [7, 11) is 0. The largest absolute Gasteiger partial charge is 0.328 e. The first-order chi connectivity index (χ1) is 17.5. The third-order valence-corrected chi connectivity index (χ3v) is 7.55. The van der Waals surface area contributed by atoms with Gasteiger partial charge in [-0.1, -0.05) is 24.0 Å². The Morgan fingerprint density at radius 2 is 1.75 bits per heavy atom. The van der Waals surface area contributed by atoms with E-state index in [1.807, 2.05) is 4.57 Å². The molecule has 36 heavy (non-hydrogen) atoms. The Kier molecular flexibility index (Phi) is 5.34. The number of rotatable bonds is 5. The van der Waals surface area contributed by atoms with Crippen molar-refractivity contribution < 1.29 is 14.0 Å². The van der Waals surface area contributed by atoms with E-state index in [0.717, 1.165) is 24.4 Å². The molecule has 1 N–H and O–H groups in total. The van der Waals surface area contributed by atoms with Gasteiger partial charge in [0, 0.05) is 24.4 Å². The Morgan fingerprint density at radius 1 is 1.03 bits per heavy atom. The van der Waals surface area contributed by atoms with E-state index in [2.05, 4.69) is 16.2 Å². The molecule has 0 saturated heterocycles. The number of H-pyrrole nitrogens is 1. The molecule has 0 spiro atoms. The van der Waals surface area contributed by atoms with Crippen molar-refractivity contribution in [3.8, 4) is 11.8 Å². The highest BCUT2D eigenvalue weighted by Crippen LogP contribution is 2.40. The van der Waals surface area contributed by atoms with Gasteiger partial charge in [0.2, 0.25) is 5.43 Å². The van der Waals surface area contributed by atoms with E-state index < -0.39 is 16.8 Å². The second-order valence-electron chi connectivity index (χ2n) is 9.06. The van der Waals surface area contributed by atoms with Crippen molar-refractivity contribution in [2.24, 2.45) is 0 Å². The van der Waals surface area contributed by atoms with Crippen molar-refractivity contribution in [3.05, 3.63) is 79.5 Å². The van der Waals surface area contributed by atoms with Crippen LogP contribution in [0.1, 0.15) is 64.4 Å². The van der Waals surface area contributed by atoms with E-state index in [-0.39, 0.29) is 34.2 Å². The number of nitrogens with zero attached hydrogens (tertiary/aromatic N) is 2. The summed E-state index contributed by atoms with van der Waals surface area (Å²) < 4.78 is 19.4. The maximum absolute atomic E-state index is 14.9. The molecule has 9 heteroatoms. The topological polar surface area (TPSA) is 92.2 Å². The molecule has 2 aromatic heterocycles. The first kappa shape index (κ1) is 22.4. The predicted molar refractivity (Wildman–Crippen MR) is 135 cm³/mol. The van der Waals surface area contributed by atoms with Gasteiger partial charge in [0.15, 0.2) is 0 Å². The third-order valence-electron chi connectivity index (χ3n) is 6.66. The van der Waals surface area contributed by atoms with Gasteiger partial charge in [-0.3, -0.25) is 28.5 Å². The quantitative estimate of drug-likeness (QED) is 0.252. The summed E-state index contributed by atoms with van der Waals surface area (Å²) in [6.07, 6.45) is 3.57. The average Bonchev–Trinajstić information content (AvgIpc) is 3.60. The normalized spacial score (nSPS) is 15.0. The summed E-state index contributed by atoms with van der Waals surface area (Å²) in [5.41, 5.74) is 0.735. The molecule has 2 aliphatic rings. The zero-order chi connectivity index (χ0) is 25.0. The fraction of sp³-hybridized carbons (Fsp3) is 0.259. The minimum atomic E-state index is -0.605. The molecular weight excluding hydrogens is 481 g/mol. The van der Waals surface area contributed by atoms with Crippen molar-refractivity contribution >= 4 is 44.5 Å². The fourth-order valence-electron chi connectivity index (χ4n) is 4.73. The van der Waals surface area contributed by atoms with Crippen LogP contribution in [0, 0.1) is 17.7 Å². The lowest BCUT2D eigenvalue weighted by atomic mass is 10.1. The second kappa shape index (κ2) is 8.57. The number of benzene rings is 2. The standard InChI is InChI=1S/C27H20FN3O4S/c28-20-14-19-21(31(16-10-11-16)27-22(23(19)32)24(33)29-36-27)13-15(20)7-3-1-2-6-12-30-25(34)17-8-4-5-9-18(17)26(30)35/h4-5,8-9,13-14,16H,1-2,6,10-12H2,(H,29,33). The molecule has 0 unspecified atom stereocenters. The molecule has 4 aromatic rings. The minimum absolute atomic E-state index is 0.0793. The summed E-state index contributed by atoms with van der Waals surface area (Å²) >= 11 is 1.13. The Balaban J connectivity index is 1.19. The lowest BCUT2D eigenvalue weighted by molar-refractivity contribution is 0.0652. The van der Waals surface area contributed by atoms with Crippen molar-refractivity contribution in [2.45, 2.75) is 38.1 Å². The van der Waals surface area contributed by atoms with Crippen LogP contribution in [-0.2, 0) is 0 Å². The van der Waals surface area contributed by atoms with E-state index in [1.54, 1.807) is 30.3 Å². The van der Waals surface area contributed by atoms with Crippen molar-refractivity contribution in [1.82, 2.24) is 13.8 Å². The number of amides is 2. The van der Waals surface area contributed by atoms with Crippen LogP contribution in [0.5, 0.6) is 0 Å². The van der Waals surface area contributed by atoms with E-state index >= 15 is 0 Å². The van der Waals surface area contributed by atoms with Crippen molar-refractivity contribution in [3.63, 3.8) is 0 Å². The van der Waals surface area contributed by atoms with E-state index in [1.165, 1.54) is 11.0 Å². The number of carbonyl (C=O) groups is 2. The van der Waals surface area contributed by atoms with Crippen LogP contribution in [0.4, 0.5) is 4.39 Å². The molecule has 2 aromatic carbocycles. The van der Waals surface area contributed by atoms with Crippen LogP contribution in [-0.4, -0.2) is 32.2 Å². The number of hydrogen-bond donors (Lipinski definition) is 1. The molecular formula is C27H20FN3O4S. The van der Waals surface area contributed by atoms with Crippen LogP contribution in [0.2, 0.25) is 0 Å². The molecule has 3 heterocycles. The lowest BCUT2D eigenvalue weighted by Gasteiger charge is -2.12. The monoisotopic (exact) mass is 501 g/mol. The van der Waals surface area contributed by atoms with Crippen LogP contribution < -0.4 is 11.0 Å². The number of pyridine rings is 1. The lowest BCUT2D eigenvalue weighted by Crippen LogP contribution is -2.30. The van der Waals surface area contributed by atoms with Gasteiger partial charge < -0.3 is 4.57 Å². The van der Waals surface area contributed by atoms with Crippen molar-refractivity contribution in [2.75, 3.05) is 6.54 Å². The maximum atomic E-state index is 14.9. The highest BCUT2D eigenvalue weighted by Gasteiger charge is 2.34. The molecule has 1 fully saturated rings. The van der Waals surface area contributed by atoms with Crippen LogP contribution in [0.3, 0.4) is 0 Å². The molecule has 1 aliphatic heterocycles. The first-order valence-electron chi connectivity index (χ1n) is 11.8. The number of fused-ring (bicyclic) bond motifs is 3. The van der Waals surface area contributed by atoms with Crippen LogP contribution in [0.25, 0.3) is 21.1 Å². The highest BCUT2D eigenvalue weighted by atomic mass is 32.1. The van der Waals surface area contributed by atoms with Gasteiger partial charge in [-0.2, -0.15) is 0 Å². The van der Waals surface area contributed by atoms with Gasteiger partial charge in [-0.15, -0.1) is 0 Å². The van der Waals surface area contributed by atoms with E-state index in [4.69, 9.17) is 0 Å². The van der Waals surface area contributed by atoms with Gasteiger partial charge >= 0.3 is 0 Å². The second-order valence-corrected chi connectivity index (χ2v) is 9.85. The molecule has 1 saturated carbocycles. The number of aromatic amines is 1. The molecule has 2 amide bonds. The Morgan fingerprint density at radius 3 is 2.44 bits per heavy atom. The first-order valence-corrected chi connectivity index (χ1v) is 12.6. The fourth-order valence-corrected chi connectivity index (χ4v) is 5.65. The smallest absolute Gasteiger partial charge is 0.271 e. The molecule has 0 atom stereocenters. The zero-order valence-electron chi connectivity index (χ0n) is 19.1. The Bertz CT molecular complexity index is 1730. The number of aromatic nitrogens is 2. The summed E-state index contributed by atoms with van der Waals surface area (Å²) in [6, 6.07) is 9.74. The number of halogens is 1. The summed E-state index contributed by atoms with van der Waals surface area (Å²) in [5.74, 6) is 4.69. The summed E-state index contributed by atoms with van der Waals surface area (Å²) in [4.78, 5) is 51.8.